The number of aromatic nitrogens is 2. The van der Waals surface area contributed by atoms with Crippen LogP contribution >= 0.6 is 0 Å². The molecule has 6 heteroatoms. The highest BCUT2D eigenvalue weighted by molar-refractivity contribution is 5.49. The Kier molecular flexibility index (Phi) is 4.59. The number of rotatable bonds is 5. The van der Waals surface area contributed by atoms with E-state index in [1.807, 2.05) is 6.92 Å². The minimum atomic E-state index is -0.0594. The lowest BCUT2D eigenvalue weighted by Gasteiger charge is -2.13. The Morgan fingerprint density at radius 1 is 1.24 bits per heavy atom. The third-order valence-corrected chi connectivity index (χ3v) is 3.12. The molecule has 0 aliphatic heterocycles. The minimum absolute atomic E-state index is 0.0594. The van der Waals surface area contributed by atoms with E-state index in [4.69, 9.17) is 20.3 Å². The molecule has 0 bridgehead atoms. The zero-order chi connectivity index (χ0) is 15.4. The Bertz CT molecular complexity index is 644. The summed E-state index contributed by atoms with van der Waals surface area (Å²) in [6.07, 6.45) is 0.668. The molecule has 0 aliphatic rings. The lowest BCUT2D eigenvalue weighted by molar-refractivity contribution is 0.280. The highest BCUT2D eigenvalue weighted by Crippen LogP contribution is 2.33. The Hall–Kier alpha value is -2.34. The summed E-state index contributed by atoms with van der Waals surface area (Å²) >= 11 is 0. The minimum Gasteiger partial charge on any atom is -0.493 e. The molecule has 0 spiro atoms. The van der Waals surface area contributed by atoms with Crippen LogP contribution < -0.4 is 15.2 Å². The van der Waals surface area contributed by atoms with Crippen molar-refractivity contribution < 1.29 is 14.6 Å². The number of aliphatic hydroxyl groups is 1. The summed E-state index contributed by atoms with van der Waals surface area (Å²) in [6.45, 7) is 3.69. The van der Waals surface area contributed by atoms with E-state index in [0.717, 1.165) is 5.56 Å². The third-order valence-electron chi connectivity index (χ3n) is 3.12. The van der Waals surface area contributed by atoms with Crippen molar-refractivity contribution in [2.45, 2.75) is 26.9 Å². The summed E-state index contributed by atoms with van der Waals surface area (Å²) in [6, 6.07) is 5.21. The molecule has 2 aromatic rings. The van der Waals surface area contributed by atoms with Crippen molar-refractivity contribution in [1.29, 1.82) is 0 Å². The number of nitrogens with two attached hydrogens (primary N) is 1. The van der Waals surface area contributed by atoms with Gasteiger partial charge < -0.3 is 20.3 Å². The molecule has 6 nitrogen and oxygen atoms in total. The normalized spacial score (nSPS) is 10.5. The SMILES string of the molecule is CCc1nc(N)c(C)c(Oc2ccc(CO)cc2OC)n1. The van der Waals surface area contributed by atoms with E-state index in [1.165, 1.54) is 0 Å². The largest absolute Gasteiger partial charge is 0.493 e. The lowest BCUT2D eigenvalue weighted by Crippen LogP contribution is -2.04. The predicted octanol–water partition coefficient (Wildman–Crippen LogP) is 2.22. The van der Waals surface area contributed by atoms with Gasteiger partial charge in [-0.05, 0) is 24.6 Å². The summed E-state index contributed by atoms with van der Waals surface area (Å²) in [7, 11) is 1.54. The standard InChI is InChI=1S/C15H19N3O3/c1-4-13-17-14(16)9(2)15(18-13)21-11-6-5-10(8-19)7-12(11)20-3/h5-7,19H,4,8H2,1-3H3,(H2,16,17,18). The van der Waals surface area contributed by atoms with E-state index >= 15 is 0 Å². The molecule has 2 rings (SSSR count). The molecular formula is C15H19N3O3. The first-order valence-corrected chi connectivity index (χ1v) is 6.67. The van der Waals surface area contributed by atoms with Gasteiger partial charge in [0.1, 0.15) is 11.6 Å². The van der Waals surface area contributed by atoms with Crippen LogP contribution in [0.25, 0.3) is 0 Å². The van der Waals surface area contributed by atoms with Gasteiger partial charge in [0.15, 0.2) is 11.5 Å². The van der Waals surface area contributed by atoms with Gasteiger partial charge in [0, 0.05) is 6.42 Å². The maximum absolute atomic E-state index is 9.15. The fourth-order valence-corrected chi connectivity index (χ4v) is 1.81. The first-order valence-electron chi connectivity index (χ1n) is 6.67. The number of hydrogen-bond acceptors (Lipinski definition) is 6. The molecule has 1 heterocycles. The molecule has 3 N–H and O–H groups in total. The molecule has 0 unspecified atom stereocenters. The molecule has 0 aliphatic carbocycles. The zero-order valence-electron chi connectivity index (χ0n) is 12.4. The Morgan fingerprint density at radius 2 is 2.00 bits per heavy atom. The summed E-state index contributed by atoms with van der Waals surface area (Å²) in [5.74, 6) is 2.48. The van der Waals surface area contributed by atoms with Gasteiger partial charge in [-0.1, -0.05) is 13.0 Å². The molecule has 0 saturated heterocycles. The summed E-state index contributed by atoms with van der Waals surface area (Å²) in [5.41, 5.74) is 7.30. The fourth-order valence-electron chi connectivity index (χ4n) is 1.81. The van der Waals surface area contributed by atoms with Gasteiger partial charge in [-0.3, -0.25) is 0 Å². The molecule has 112 valence electrons. The van der Waals surface area contributed by atoms with E-state index < -0.39 is 0 Å². The zero-order valence-corrected chi connectivity index (χ0v) is 12.4. The van der Waals surface area contributed by atoms with E-state index in [9.17, 15) is 0 Å². The molecule has 0 saturated carbocycles. The van der Waals surface area contributed by atoms with Gasteiger partial charge in [-0.25, -0.2) is 4.98 Å². The molecule has 21 heavy (non-hydrogen) atoms. The average Bonchev–Trinajstić information content (AvgIpc) is 2.51. The summed E-state index contributed by atoms with van der Waals surface area (Å²) < 4.78 is 11.1. The Balaban J connectivity index is 2.40. The Morgan fingerprint density at radius 3 is 2.62 bits per heavy atom. The van der Waals surface area contributed by atoms with Crippen molar-refractivity contribution in [1.82, 2.24) is 9.97 Å². The van der Waals surface area contributed by atoms with Gasteiger partial charge in [0.25, 0.3) is 0 Å². The molecule has 1 aromatic heterocycles. The van der Waals surface area contributed by atoms with Crippen LogP contribution in [0.1, 0.15) is 23.9 Å². The van der Waals surface area contributed by atoms with Crippen molar-refractivity contribution >= 4 is 5.82 Å². The second kappa shape index (κ2) is 6.41. The van der Waals surface area contributed by atoms with E-state index in [2.05, 4.69) is 9.97 Å². The molecule has 0 atom stereocenters. The fraction of sp³-hybridized carbons (Fsp3) is 0.333. The molecule has 1 aromatic carbocycles. The van der Waals surface area contributed by atoms with Crippen LogP contribution in [0.4, 0.5) is 5.82 Å². The maximum Gasteiger partial charge on any atom is 0.227 e. The topological polar surface area (TPSA) is 90.5 Å². The number of benzene rings is 1. The van der Waals surface area contributed by atoms with Gasteiger partial charge >= 0.3 is 0 Å². The number of nitrogen functional groups attached to an aromatic ring is 1. The molecule has 0 amide bonds. The van der Waals surface area contributed by atoms with Gasteiger partial charge in [-0.2, -0.15) is 4.98 Å². The van der Waals surface area contributed by atoms with E-state index in [-0.39, 0.29) is 6.61 Å². The number of anilines is 1. The number of methoxy groups -OCH3 is 1. The van der Waals surface area contributed by atoms with Crippen molar-refractivity contribution in [3.63, 3.8) is 0 Å². The molecule has 0 fully saturated rings. The van der Waals surface area contributed by atoms with Crippen LogP contribution in [-0.4, -0.2) is 22.2 Å². The number of aliphatic hydroxyl groups excluding tert-OH is 1. The number of nitrogens with zero attached hydrogens (tertiary/aromatic N) is 2. The van der Waals surface area contributed by atoms with Crippen molar-refractivity contribution in [3.05, 3.63) is 35.2 Å². The molecular weight excluding hydrogens is 270 g/mol. The van der Waals surface area contributed by atoms with E-state index in [0.29, 0.717) is 41.0 Å². The van der Waals surface area contributed by atoms with Crippen LogP contribution in [0, 0.1) is 6.92 Å². The second-order valence-electron chi connectivity index (χ2n) is 4.55. The highest BCUT2D eigenvalue weighted by Gasteiger charge is 2.13. The lowest BCUT2D eigenvalue weighted by atomic mass is 10.2. The molecule has 0 radical (unpaired) electrons. The van der Waals surface area contributed by atoms with Gasteiger partial charge in [0.2, 0.25) is 5.88 Å². The predicted molar refractivity (Wildman–Crippen MR) is 79.6 cm³/mol. The van der Waals surface area contributed by atoms with Gasteiger partial charge in [-0.15, -0.1) is 0 Å². The monoisotopic (exact) mass is 289 g/mol. The quantitative estimate of drug-likeness (QED) is 0.877. The summed E-state index contributed by atoms with van der Waals surface area (Å²) in [4.78, 5) is 8.53. The van der Waals surface area contributed by atoms with Crippen LogP contribution in [0.5, 0.6) is 17.4 Å². The number of aryl methyl sites for hydroxylation is 1. The third kappa shape index (κ3) is 3.22. The number of hydrogen-bond donors (Lipinski definition) is 2. The van der Waals surface area contributed by atoms with Crippen LogP contribution in [0.3, 0.4) is 0 Å². The maximum atomic E-state index is 9.15. The second-order valence-corrected chi connectivity index (χ2v) is 4.55. The average molecular weight is 289 g/mol. The number of ether oxygens (including phenoxy) is 2. The van der Waals surface area contributed by atoms with Crippen LogP contribution in [0.15, 0.2) is 18.2 Å². The smallest absolute Gasteiger partial charge is 0.227 e. The van der Waals surface area contributed by atoms with Gasteiger partial charge in [0.05, 0.1) is 19.3 Å². The van der Waals surface area contributed by atoms with Crippen molar-refractivity contribution in [3.8, 4) is 17.4 Å². The van der Waals surface area contributed by atoms with Crippen molar-refractivity contribution in [2.75, 3.05) is 12.8 Å². The van der Waals surface area contributed by atoms with Crippen LogP contribution in [0.2, 0.25) is 0 Å². The van der Waals surface area contributed by atoms with E-state index in [1.54, 1.807) is 32.2 Å². The summed E-state index contributed by atoms with van der Waals surface area (Å²) in [5, 5.41) is 9.15. The highest BCUT2D eigenvalue weighted by atomic mass is 16.5. The van der Waals surface area contributed by atoms with Crippen molar-refractivity contribution in [2.24, 2.45) is 0 Å². The Labute approximate surface area is 123 Å². The van der Waals surface area contributed by atoms with Crippen LogP contribution in [-0.2, 0) is 13.0 Å². The first-order chi connectivity index (χ1) is 10.1. The first kappa shape index (κ1) is 15.1.